The number of aromatic nitrogens is 5. The number of morpholine rings is 1. The van der Waals surface area contributed by atoms with Gasteiger partial charge in [0.1, 0.15) is 11.3 Å². The van der Waals surface area contributed by atoms with Crippen LogP contribution in [0.4, 0.5) is 0 Å². The fraction of sp³-hybridized carbons (Fsp3) is 0.448. The average Bonchev–Trinajstić information content (AvgIpc) is 3.49. The molecule has 38 heavy (non-hydrogen) atoms. The molecule has 0 aliphatic carbocycles. The van der Waals surface area contributed by atoms with Gasteiger partial charge < -0.3 is 14.4 Å². The summed E-state index contributed by atoms with van der Waals surface area (Å²) in [4.78, 5) is 19.6. The normalized spacial score (nSPS) is 15.7. The van der Waals surface area contributed by atoms with Crippen molar-refractivity contribution in [1.29, 1.82) is 0 Å². The predicted octanol–water partition coefficient (Wildman–Crippen LogP) is 3.90. The first-order valence-corrected chi connectivity index (χ1v) is 13.1. The molecule has 1 fully saturated rings. The quantitative estimate of drug-likeness (QED) is 0.379. The van der Waals surface area contributed by atoms with Gasteiger partial charge in [-0.3, -0.25) is 9.69 Å². The molecule has 2 aromatic heterocycles. The summed E-state index contributed by atoms with van der Waals surface area (Å²) in [7, 11) is 1.86. The third kappa shape index (κ3) is 4.83. The molecule has 1 unspecified atom stereocenters. The maximum atomic E-state index is 12.6. The minimum atomic E-state index is -1.05. The molecule has 0 bridgehead atoms. The number of carboxylic acids is 1. The van der Waals surface area contributed by atoms with Gasteiger partial charge >= 0.3 is 5.97 Å². The molecule has 0 radical (unpaired) electrons. The molecule has 0 saturated carbocycles. The summed E-state index contributed by atoms with van der Waals surface area (Å²) in [6.07, 6.45) is 3.87. The van der Waals surface area contributed by atoms with Gasteiger partial charge in [0.25, 0.3) is 0 Å². The number of aryl methyl sites for hydroxylation is 3. The fourth-order valence-electron chi connectivity index (χ4n) is 5.49. The zero-order valence-corrected chi connectivity index (χ0v) is 22.8. The van der Waals surface area contributed by atoms with Crippen molar-refractivity contribution in [3.63, 3.8) is 0 Å². The summed E-state index contributed by atoms with van der Waals surface area (Å²) in [5.74, 6) is -0.199. The van der Waals surface area contributed by atoms with Gasteiger partial charge in [0, 0.05) is 45.0 Å². The smallest absolute Gasteiger partial charge is 0.310 e. The van der Waals surface area contributed by atoms with E-state index < -0.39 is 11.4 Å². The highest BCUT2D eigenvalue weighted by Gasteiger charge is 2.40. The average molecular weight is 517 g/mol. The second kappa shape index (κ2) is 10.3. The number of imidazole rings is 1. The highest BCUT2D eigenvalue weighted by atomic mass is 16.5. The van der Waals surface area contributed by atoms with E-state index in [0.29, 0.717) is 6.54 Å². The molecular formula is C29H36N6O3. The molecule has 9 heteroatoms. The van der Waals surface area contributed by atoms with Gasteiger partial charge in [0.15, 0.2) is 0 Å². The van der Waals surface area contributed by atoms with E-state index in [1.165, 1.54) is 0 Å². The van der Waals surface area contributed by atoms with Gasteiger partial charge in [-0.05, 0) is 61.6 Å². The number of nitrogens with zero attached hydrogens (tertiary/aromatic N) is 6. The van der Waals surface area contributed by atoms with Gasteiger partial charge in [-0.15, -0.1) is 5.10 Å². The number of fused-ring (bicyclic) bond motifs is 1. The van der Waals surface area contributed by atoms with Gasteiger partial charge in [-0.2, -0.15) is 0 Å². The minimum Gasteiger partial charge on any atom is -0.481 e. The van der Waals surface area contributed by atoms with E-state index in [1.807, 2.05) is 38.5 Å². The second-order valence-electron chi connectivity index (χ2n) is 10.9. The summed E-state index contributed by atoms with van der Waals surface area (Å²) in [6, 6.07) is 10.4. The largest absolute Gasteiger partial charge is 0.481 e. The lowest BCUT2D eigenvalue weighted by Crippen LogP contribution is -2.36. The zero-order valence-electron chi connectivity index (χ0n) is 22.8. The Morgan fingerprint density at radius 2 is 1.89 bits per heavy atom. The number of hydrogen-bond donors (Lipinski definition) is 1. The van der Waals surface area contributed by atoms with Crippen LogP contribution < -0.4 is 0 Å². The van der Waals surface area contributed by atoms with E-state index in [-0.39, 0.29) is 5.92 Å². The lowest BCUT2D eigenvalue weighted by Gasteiger charge is -2.33. The molecular weight excluding hydrogens is 480 g/mol. The Kier molecular flexibility index (Phi) is 7.07. The summed E-state index contributed by atoms with van der Waals surface area (Å²) in [5.41, 5.74) is 5.87. The van der Waals surface area contributed by atoms with Crippen molar-refractivity contribution in [1.82, 2.24) is 29.4 Å². The van der Waals surface area contributed by atoms with Crippen LogP contribution in [-0.4, -0.2) is 66.8 Å². The Balaban J connectivity index is 1.53. The van der Waals surface area contributed by atoms with Crippen LogP contribution in [0.5, 0.6) is 0 Å². The Morgan fingerprint density at radius 1 is 1.13 bits per heavy atom. The molecule has 5 rings (SSSR count). The molecule has 0 spiro atoms. The van der Waals surface area contributed by atoms with Crippen molar-refractivity contribution in [2.24, 2.45) is 12.5 Å². The molecule has 1 aliphatic heterocycles. The zero-order chi connectivity index (χ0) is 27.0. The molecule has 1 aliphatic rings. The lowest BCUT2D eigenvalue weighted by atomic mass is 9.69. The van der Waals surface area contributed by atoms with E-state index in [2.05, 4.69) is 49.9 Å². The van der Waals surface area contributed by atoms with E-state index in [9.17, 15) is 9.90 Å². The first-order chi connectivity index (χ1) is 18.2. The highest BCUT2D eigenvalue weighted by molar-refractivity contribution is 5.81. The maximum absolute atomic E-state index is 12.6. The highest BCUT2D eigenvalue weighted by Crippen LogP contribution is 2.44. The third-order valence-corrected chi connectivity index (χ3v) is 7.98. The summed E-state index contributed by atoms with van der Waals surface area (Å²) >= 11 is 0. The van der Waals surface area contributed by atoms with Crippen LogP contribution in [0, 0.1) is 19.3 Å². The Morgan fingerprint density at radius 3 is 2.63 bits per heavy atom. The van der Waals surface area contributed by atoms with E-state index in [4.69, 9.17) is 4.74 Å². The van der Waals surface area contributed by atoms with Gasteiger partial charge in [0.05, 0.1) is 30.7 Å². The molecule has 1 N–H and O–H groups in total. The minimum absolute atomic E-state index is 0.374. The van der Waals surface area contributed by atoms with Crippen LogP contribution in [0.15, 0.2) is 42.7 Å². The van der Waals surface area contributed by atoms with Gasteiger partial charge in [-0.25, -0.2) is 9.67 Å². The monoisotopic (exact) mass is 516 g/mol. The number of carbonyl (C=O) groups is 1. The molecule has 3 heterocycles. The Bertz CT molecular complexity index is 1460. The first kappa shape index (κ1) is 26.1. The van der Waals surface area contributed by atoms with Crippen LogP contribution in [0.25, 0.3) is 11.0 Å². The van der Waals surface area contributed by atoms with Crippen molar-refractivity contribution in [3.8, 4) is 0 Å². The molecule has 1 saturated heterocycles. The van der Waals surface area contributed by atoms with Crippen LogP contribution in [0.3, 0.4) is 0 Å². The van der Waals surface area contributed by atoms with E-state index in [1.54, 1.807) is 18.5 Å². The van der Waals surface area contributed by atoms with Crippen LogP contribution in [0.1, 0.15) is 53.4 Å². The van der Waals surface area contributed by atoms with Gasteiger partial charge in [0.2, 0.25) is 0 Å². The Labute approximate surface area is 223 Å². The lowest BCUT2D eigenvalue weighted by molar-refractivity contribution is -0.147. The van der Waals surface area contributed by atoms with Crippen LogP contribution in [0.2, 0.25) is 0 Å². The van der Waals surface area contributed by atoms with Crippen molar-refractivity contribution < 1.29 is 14.6 Å². The molecule has 1 atom stereocenters. The number of carboxylic acid groups (broad SMARTS) is 1. The van der Waals surface area contributed by atoms with Crippen LogP contribution >= 0.6 is 0 Å². The van der Waals surface area contributed by atoms with Crippen molar-refractivity contribution >= 4 is 17.0 Å². The molecule has 9 nitrogen and oxygen atoms in total. The molecule has 200 valence electrons. The first-order valence-electron chi connectivity index (χ1n) is 13.1. The van der Waals surface area contributed by atoms with Crippen LogP contribution in [-0.2, 0) is 29.7 Å². The number of ether oxygens (including phenoxy) is 1. The third-order valence-electron chi connectivity index (χ3n) is 7.98. The van der Waals surface area contributed by atoms with Crippen molar-refractivity contribution in [2.75, 3.05) is 26.3 Å². The van der Waals surface area contributed by atoms with Crippen molar-refractivity contribution in [2.45, 2.75) is 46.7 Å². The van der Waals surface area contributed by atoms with Crippen molar-refractivity contribution in [3.05, 3.63) is 76.4 Å². The topological polar surface area (TPSA) is 98.3 Å². The number of aliphatic carboxylic acids is 1. The predicted molar refractivity (Wildman–Crippen MR) is 145 cm³/mol. The maximum Gasteiger partial charge on any atom is 0.310 e. The SMILES string of the molecule is Cc1ccc(C(c2ccc3c(nnn3C)c2C)C(C)(C)C(=O)O)cc1Cn1ccnc1CN1CCOCC1. The van der Waals surface area contributed by atoms with Gasteiger partial charge in [-0.1, -0.05) is 29.5 Å². The standard InChI is InChI=1S/C29H36N6O3/c1-19-6-7-21(16-22(19)17-35-11-10-30-25(35)18-34-12-14-38-15-13-34)26(29(3,4)28(36)37)23-8-9-24-27(20(23)2)31-32-33(24)5/h6-11,16,26H,12-15,17-18H2,1-5H3,(H,36,37). The number of benzene rings is 2. The fourth-order valence-corrected chi connectivity index (χ4v) is 5.49. The summed E-state index contributed by atoms with van der Waals surface area (Å²) in [5, 5.41) is 18.8. The second-order valence-corrected chi connectivity index (χ2v) is 10.9. The summed E-state index contributed by atoms with van der Waals surface area (Å²) < 4.78 is 9.42. The molecule has 2 aromatic carbocycles. The number of rotatable bonds is 8. The molecule has 0 amide bonds. The van der Waals surface area contributed by atoms with E-state index >= 15 is 0 Å². The number of hydrogen-bond acceptors (Lipinski definition) is 6. The van der Waals surface area contributed by atoms with E-state index in [0.717, 1.165) is 77.5 Å². The Hall–Kier alpha value is -3.56. The molecule has 4 aromatic rings. The summed E-state index contributed by atoms with van der Waals surface area (Å²) in [6.45, 7) is 12.5.